The molecule has 16 heteroatoms. The molecule has 40 heavy (non-hydrogen) atoms. The molecule has 5 heterocycles. The van der Waals surface area contributed by atoms with Crippen molar-refractivity contribution in [3.8, 4) is 0 Å². The van der Waals surface area contributed by atoms with E-state index in [0.717, 1.165) is 12.3 Å². The molecule has 202 valence electrons. The van der Waals surface area contributed by atoms with Gasteiger partial charge in [0.05, 0.1) is 35.3 Å². The van der Waals surface area contributed by atoms with Crippen LogP contribution >= 0.6 is 11.8 Å². The smallest absolute Gasteiger partial charge is 0.548 e. The van der Waals surface area contributed by atoms with Gasteiger partial charge in [0.15, 0.2) is 23.1 Å². The van der Waals surface area contributed by atoms with Crippen molar-refractivity contribution in [2.75, 3.05) is 31.1 Å². The Kier molecular flexibility index (Phi) is 10.1. The number of aromatic nitrogens is 2. The summed E-state index contributed by atoms with van der Waals surface area (Å²) in [4.78, 5) is 61.7. The molecule has 3 saturated heterocycles. The number of aryl methyl sites for hydroxylation is 1. The molecule has 3 aliphatic heterocycles. The van der Waals surface area contributed by atoms with Crippen molar-refractivity contribution in [2.24, 2.45) is 4.99 Å². The van der Waals surface area contributed by atoms with Gasteiger partial charge in [-0.25, -0.2) is 9.37 Å². The summed E-state index contributed by atoms with van der Waals surface area (Å²) in [5, 5.41) is 22.4. The third-order valence-corrected chi connectivity index (χ3v) is 8.74. The summed E-state index contributed by atoms with van der Waals surface area (Å²) < 4.78 is 15.8. The van der Waals surface area contributed by atoms with Crippen molar-refractivity contribution in [3.63, 3.8) is 0 Å². The number of hydrogen-bond donors (Lipinski definition) is 0. The number of aliphatic imine (C=N–C) groups is 1. The van der Waals surface area contributed by atoms with Gasteiger partial charge in [-0.05, 0) is 26.8 Å². The van der Waals surface area contributed by atoms with Crippen LogP contribution in [0.5, 0.6) is 0 Å². The van der Waals surface area contributed by atoms with Crippen molar-refractivity contribution in [1.82, 2.24) is 19.4 Å². The molecule has 0 N–H and O–H groups in total. The standard InChI is InChI=1S/C24H27FN6O6S.2Na/c1-4-29-10-13(22(34)35)16(32)12-9-14(25)19(27-18(12)29)30-7-5-28(6-8-30)11-26-15-20(33)31-17(23(36)37)24(2,3)38-21(15)31;;/h9-11,15,17,21H,4-8H2,1-3H3,(H,34,35)(H,36,37);;/q;2*+1/p-2/t15-,17+,21-;;/m1../s1. The Balaban J connectivity index is 0.00000220. The Morgan fingerprint density at radius 3 is 2.42 bits per heavy atom. The van der Waals surface area contributed by atoms with Crippen LogP contribution in [0.4, 0.5) is 10.2 Å². The molecule has 3 fully saturated rings. The number of fused-ring (bicyclic) bond motifs is 2. The number of aliphatic carboxylic acids is 1. The fourth-order valence-electron chi connectivity index (χ4n) is 5.21. The zero-order valence-corrected chi connectivity index (χ0v) is 27.7. The quantitative estimate of drug-likeness (QED) is 0.137. The first-order valence-electron chi connectivity index (χ1n) is 12.1. The van der Waals surface area contributed by atoms with Crippen LogP contribution in [0.2, 0.25) is 0 Å². The van der Waals surface area contributed by atoms with Crippen molar-refractivity contribution >= 4 is 52.8 Å². The predicted octanol–water partition coefficient (Wildman–Crippen LogP) is -7.74. The van der Waals surface area contributed by atoms with Gasteiger partial charge in [-0.15, -0.1) is 11.8 Å². The number of pyridine rings is 2. The van der Waals surface area contributed by atoms with Crippen molar-refractivity contribution < 1.29 is 88.1 Å². The maximum absolute atomic E-state index is 15.0. The molecule has 0 aromatic carbocycles. The van der Waals surface area contributed by atoms with Gasteiger partial charge < -0.3 is 39.1 Å². The van der Waals surface area contributed by atoms with Crippen molar-refractivity contribution in [1.29, 1.82) is 0 Å². The van der Waals surface area contributed by atoms with Gasteiger partial charge in [0.25, 0.3) is 5.91 Å². The largest absolute Gasteiger partial charge is 1.00 e. The number of carbonyl (C=O) groups is 3. The van der Waals surface area contributed by atoms with Crippen LogP contribution in [-0.2, 0) is 16.1 Å². The van der Waals surface area contributed by atoms with E-state index in [0.29, 0.717) is 32.7 Å². The number of nitrogens with zero attached hydrogens (tertiary/aromatic N) is 6. The van der Waals surface area contributed by atoms with Gasteiger partial charge in [-0.3, -0.25) is 14.6 Å². The van der Waals surface area contributed by atoms with Crippen LogP contribution in [0.25, 0.3) is 11.0 Å². The number of halogens is 1. The number of piperazine rings is 1. The molecule has 0 saturated carbocycles. The minimum absolute atomic E-state index is 0. The number of carboxylic acid groups (broad SMARTS) is 2. The summed E-state index contributed by atoms with van der Waals surface area (Å²) in [6, 6.07) is -0.653. The van der Waals surface area contributed by atoms with Gasteiger partial charge >= 0.3 is 59.1 Å². The molecule has 2 aromatic heterocycles. The number of aromatic carboxylic acids is 1. The first kappa shape index (κ1) is 32.8. The predicted molar refractivity (Wildman–Crippen MR) is 133 cm³/mol. The summed E-state index contributed by atoms with van der Waals surface area (Å²) >= 11 is 1.39. The molecule has 0 spiro atoms. The van der Waals surface area contributed by atoms with E-state index in [4.69, 9.17) is 0 Å². The average molecular weight is 591 g/mol. The topological polar surface area (TPSA) is 154 Å². The van der Waals surface area contributed by atoms with E-state index in [-0.39, 0.29) is 87.2 Å². The molecule has 0 bridgehead atoms. The van der Waals surface area contributed by atoms with E-state index >= 15 is 4.39 Å². The van der Waals surface area contributed by atoms with Gasteiger partial charge in [-0.1, -0.05) is 0 Å². The average Bonchev–Trinajstić information content (AvgIpc) is 3.12. The SMILES string of the molecule is CCn1cc(C(=O)[O-])c(=O)c2cc(F)c(N3CCN(C=N[C@@H]4C(=O)N5[C@@H]4SC(C)(C)[C@@H]5C(=O)[O-])CC3)nc21.[Na+].[Na+]. The molecule has 0 unspecified atom stereocenters. The Morgan fingerprint density at radius 1 is 1.20 bits per heavy atom. The molecule has 2 aromatic rings. The van der Waals surface area contributed by atoms with Gasteiger partial charge in [-0.2, -0.15) is 0 Å². The summed E-state index contributed by atoms with van der Waals surface area (Å²) in [6.07, 6.45) is 2.74. The second-order valence-electron chi connectivity index (χ2n) is 9.92. The summed E-state index contributed by atoms with van der Waals surface area (Å²) in [6.45, 7) is 7.30. The van der Waals surface area contributed by atoms with Crippen LogP contribution in [0.1, 0.15) is 31.1 Å². The second kappa shape index (κ2) is 12.3. The summed E-state index contributed by atoms with van der Waals surface area (Å²) in [5.74, 6) is -3.94. The van der Waals surface area contributed by atoms with E-state index in [1.807, 2.05) is 4.90 Å². The number of thioether (sulfide) groups is 1. The van der Waals surface area contributed by atoms with E-state index in [9.17, 15) is 29.4 Å². The van der Waals surface area contributed by atoms with E-state index in [2.05, 4.69) is 9.98 Å². The molecule has 5 rings (SSSR count). The van der Waals surface area contributed by atoms with Gasteiger partial charge in [0.2, 0.25) is 0 Å². The molecular formula is C24H25FN6Na2O6S. The van der Waals surface area contributed by atoms with Gasteiger partial charge in [0.1, 0.15) is 11.0 Å². The van der Waals surface area contributed by atoms with Crippen LogP contribution in [0.15, 0.2) is 22.1 Å². The zero-order valence-electron chi connectivity index (χ0n) is 22.9. The van der Waals surface area contributed by atoms with E-state index < -0.39 is 45.6 Å². The Bertz CT molecular complexity index is 1450. The van der Waals surface area contributed by atoms with Gasteiger partial charge in [0, 0.05) is 43.7 Å². The van der Waals surface area contributed by atoms with Crippen LogP contribution in [-0.4, -0.2) is 91.9 Å². The summed E-state index contributed by atoms with van der Waals surface area (Å²) in [5.41, 5.74) is -1.21. The second-order valence-corrected chi connectivity index (χ2v) is 11.7. The number of carboxylic acids is 2. The number of β-lactam (4-membered cyclic amide) rings is 1. The van der Waals surface area contributed by atoms with Crippen molar-refractivity contribution in [2.45, 2.75) is 49.5 Å². The minimum Gasteiger partial charge on any atom is -0.548 e. The number of amides is 1. The minimum atomic E-state index is -1.63. The van der Waals surface area contributed by atoms with Crippen LogP contribution in [0, 0.1) is 5.82 Å². The molecule has 0 aliphatic carbocycles. The third-order valence-electron chi connectivity index (χ3n) is 7.18. The first-order chi connectivity index (χ1) is 17.9. The molecule has 3 atom stereocenters. The Morgan fingerprint density at radius 2 is 1.85 bits per heavy atom. The number of anilines is 1. The van der Waals surface area contributed by atoms with E-state index in [1.54, 1.807) is 32.0 Å². The Hall–Kier alpha value is -1.68. The number of hydrogen-bond acceptors (Lipinski definition) is 10. The van der Waals surface area contributed by atoms with Crippen LogP contribution < -0.4 is 79.7 Å². The van der Waals surface area contributed by atoms with Crippen molar-refractivity contribution in [3.05, 3.63) is 33.9 Å². The first-order valence-corrected chi connectivity index (χ1v) is 13.0. The third kappa shape index (κ3) is 5.55. The molecule has 1 amide bonds. The maximum Gasteiger partial charge on any atom is 1.00 e. The maximum atomic E-state index is 15.0. The van der Waals surface area contributed by atoms with E-state index in [1.165, 1.54) is 21.2 Å². The normalized spacial score (nSPS) is 23.4. The fourth-order valence-corrected chi connectivity index (χ4v) is 6.83. The monoisotopic (exact) mass is 590 g/mol. The zero-order chi connectivity index (χ0) is 27.5. The number of carbonyl (C=O) groups excluding carboxylic acids is 3. The molecule has 3 aliphatic rings. The van der Waals surface area contributed by atoms with Crippen LogP contribution in [0.3, 0.4) is 0 Å². The summed E-state index contributed by atoms with van der Waals surface area (Å²) in [7, 11) is 0. The fraction of sp³-hybridized carbons (Fsp3) is 0.500. The molecule has 12 nitrogen and oxygen atoms in total. The molecule has 0 radical (unpaired) electrons. The molecular weight excluding hydrogens is 565 g/mol. The Labute approximate surface area is 277 Å². The number of rotatable bonds is 6.